The number of hydrogen-bond acceptors (Lipinski definition) is 9. The van der Waals surface area contributed by atoms with Crippen LogP contribution in [0.5, 0.6) is 0 Å². The molecule has 3 aliphatic heterocycles. The highest BCUT2D eigenvalue weighted by Gasteiger charge is 2.44. The normalized spacial score (nSPS) is 21.7. The number of aromatic nitrogens is 4. The van der Waals surface area contributed by atoms with E-state index in [1.165, 1.54) is 33.8 Å². The molecule has 0 unspecified atom stereocenters. The molecule has 2 N–H and O–H groups in total. The van der Waals surface area contributed by atoms with Gasteiger partial charge in [-0.1, -0.05) is 23.7 Å². The third-order valence-electron chi connectivity index (χ3n) is 8.63. The third-order valence-corrected chi connectivity index (χ3v) is 11.4. The molecule has 246 valence electrons. The van der Waals surface area contributed by atoms with Crippen molar-refractivity contribution in [2.45, 2.75) is 43.5 Å². The molecule has 0 bridgehead atoms. The van der Waals surface area contributed by atoms with Crippen molar-refractivity contribution >= 4 is 44.6 Å². The van der Waals surface area contributed by atoms with E-state index in [0.29, 0.717) is 37.9 Å². The van der Waals surface area contributed by atoms with E-state index in [9.17, 15) is 26.7 Å². The van der Waals surface area contributed by atoms with Crippen LogP contribution in [0, 0.1) is 5.82 Å². The lowest BCUT2D eigenvalue weighted by atomic mass is 9.86. The van der Waals surface area contributed by atoms with Crippen molar-refractivity contribution in [3.05, 3.63) is 105 Å². The van der Waals surface area contributed by atoms with Crippen molar-refractivity contribution in [1.82, 2.24) is 33.7 Å². The minimum Gasteiger partial charge on any atom is -0.385 e. The number of aliphatic hydroxyl groups is 1. The Balaban J connectivity index is 1.23. The quantitative estimate of drug-likeness (QED) is 0.272. The Morgan fingerprint density at radius 1 is 1.15 bits per heavy atom. The monoisotopic (exact) mass is 704 g/mol. The second kappa shape index (κ2) is 12.4. The number of nitrogens with zero attached hydrogens (tertiary/aromatic N) is 7. The molecule has 7 rings (SSSR count). The van der Waals surface area contributed by atoms with Gasteiger partial charge in [-0.15, -0.1) is 11.3 Å². The minimum absolute atomic E-state index is 0.0867. The zero-order valence-electron chi connectivity index (χ0n) is 24.5. The maximum Gasteiger partial charge on any atom is 0.333 e. The van der Waals surface area contributed by atoms with Gasteiger partial charge in [-0.3, -0.25) is 9.98 Å². The van der Waals surface area contributed by atoms with Gasteiger partial charge in [-0.2, -0.15) is 31.3 Å². The van der Waals surface area contributed by atoms with Crippen molar-refractivity contribution < 1.29 is 26.7 Å². The summed E-state index contributed by atoms with van der Waals surface area (Å²) in [5.41, 5.74) is 1.12. The first-order valence-electron chi connectivity index (χ1n) is 14.7. The number of hydrogen-bond donors (Lipinski definition) is 2. The van der Waals surface area contributed by atoms with Crippen LogP contribution in [-0.2, 0) is 15.8 Å². The average molecular weight is 705 g/mol. The molecule has 3 aromatic heterocycles. The van der Waals surface area contributed by atoms with E-state index in [1.54, 1.807) is 36.1 Å². The number of rotatable bonds is 8. The number of benzene rings is 1. The lowest BCUT2D eigenvalue weighted by Crippen LogP contribution is -2.51. The van der Waals surface area contributed by atoms with E-state index in [0.717, 1.165) is 12.3 Å². The molecule has 1 aromatic carbocycles. The predicted molar refractivity (Wildman–Crippen MR) is 169 cm³/mol. The summed E-state index contributed by atoms with van der Waals surface area (Å²) in [4.78, 5) is 15.3. The maximum atomic E-state index is 14.1. The SMILES string of the molecule is O=S(=O)(N[C@H]1CC2=C(c3ccn(C(F)F)n3)[C@H](c3ccc(F)cc3Cl)N=C(c3nccs3)N2C1)N1CCC(O)(c2cccnc2)CC1. The topological polar surface area (TPSA) is 129 Å². The summed E-state index contributed by atoms with van der Waals surface area (Å²) in [5.74, 6) is -0.109. The van der Waals surface area contributed by atoms with E-state index in [2.05, 4.69) is 19.8 Å². The largest absolute Gasteiger partial charge is 0.385 e. The van der Waals surface area contributed by atoms with Gasteiger partial charge in [0, 0.05) is 89.7 Å². The Bertz CT molecular complexity index is 1950. The van der Waals surface area contributed by atoms with Gasteiger partial charge in [-0.05, 0) is 37.1 Å². The number of halogens is 4. The number of amidine groups is 1. The lowest BCUT2D eigenvalue weighted by molar-refractivity contribution is -0.0101. The van der Waals surface area contributed by atoms with Crippen LogP contribution in [0.3, 0.4) is 0 Å². The molecule has 4 aromatic rings. The Morgan fingerprint density at radius 2 is 1.96 bits per heavy atom. The van der Waals surface area contributed by atoms with E-state index < -0.39 is 40.3 Å². The number of aliphatic imine (C=N–C) groups is 1. The molecular formula is C30H28ClF3N8O3S2. The highest BCUT2D eigenvalue weighted by Crippen LogP contribution is 2.46. The summed E-state index contributed by atoms with van der Waals surface area (Å²) in [6.07, 6.45) is 6.52. The summed E-state index contributed by atoms with van der Waals surface area (Å²) in [6, 6.07) is 7.30. The molecule has 0 aliphatic carbocycles. The Kier molecular flexibility index (Phi) is 8.42. The molecule has 47 heavy (non-hydrogen) atoms. The fourth-order valence-corrected chi connectivity index (χ4v) is 8.64. The number of nitrogens with one attached hydrogen (secondary N) is 1. The standard InChI is InChI=1S/C30H28ClF3N8O3S2/c31-22-14-19(32)3-4-21(22)26-25(23-5-10-42(38-23)29(33)34)24-15-20(17-41(24)27(37-26)28-36-9-13-46-28)39-47(44,45)40-11-6-30(43,7-12-40)18-2-1-8-35-16-18/h1-5,8-10,13-14,16,20,26,29,39,43H,6-7,11-12,15,17H2/t20-,26-/m0/s1. The van der Waals surface area contributed by atoms with Crippen LogP contribution in [0.4, 0.5) is 13.2 Å². The van der Waals surface area contributed by atoms with Crippen molar-refractivity contribution in [2.75, 3.05) is 19.6 Å². The summed E-state index contributed by atoms with van der Waals surface area (Å²) in [5, 5.41) is 17.7. The Morgan fingerprint density at radius 3 is 2.62 bits per heavy atom. The Labute approximate surface area is 277 Å². The van der Waals surface area contributed by atoms with Crippen molar-refractivity contribution in [2.24, 2.45) is 4.99 Å². The highest BCUT2D eigenvalue weighted by molar-refractivity contribution is 7.87. The van der Waals surface area contributed by atoms with Gasteiger partial charge in [0.25, 0.3) is 10.2 Å². The number of fused-ring (bicyclic) bond motifs is 1. The zero-order chi connectivity index (χ0) is 32.9. The van der Waals surface area contributed by atoms with E-state index in [-0.39, 0.29) is 49.6 Å². The van der Waals surface area contributed by atoms with Crippen LogP contribution in [0.1, 0.15) is 53.7 Å². The van der Waals surface area contributed by atoms with Crippen molar-refractivity contribution in [1.29, 1.82) is 0 Å². The zero-order valence-corrected chi connectivity index (χ0v) is 26.9. The molecule has 11 nitrogen and oxygen atoms in total. The van der Waals surface area contributed by atoms with Crippen LogP contribution in [0.15, 0.2) is 77.3 Å². The first-order chi connectivity index (χ1) is 22.5. The van der Waals surface area contributed by atoms with Gasteiger partial charge in [0.05, 0.1) is 11.3 Å². The maximum absolute atomic E-state index is 14.1. The molecular weight excluding hydrogens is 677 g/mol. The summed E-state index contributed by atoms with van der Waals surface area (Å²) in [7, 11) is -4.01. The molecule has 2 fully saturated rings. The van der Waals surface area contributed by atoms with E-state index >= 15 is 0 Å². The fourth-order valence-electron chi connectivity index (χ4n) is 6.34. The van der Waals surface area contributed by atoms with Gasteiger partial charge in [0.15, 0.2) is 10.8 Å². The molecule has 2 saturated heterocycles. The van der Waals surface area contributed by atoms with Crippen LogP contribution < -0.4 is 4.72 Å². The third kappa shape index (κ3) is 6.09. The summed E-state index contributed by atoms with van der Waals surface area (Å²) < 4.78 is 73.4. The molecule has 0 amide bonds. The van der Waals surface area contributed by atoms with Crippen molar-refractivity contribution in [3.63, 3.8) is 0 Å². The summed E-state index contributed by atoms with van der Waals surface area (Å²) >= 11 is 7.85. The van der Waals surface area contributed by atoms with E-state index in [4.69, 9.17) is 16.6 Å². The lowest BCUT2D eigenvalue weighted by Gasteiger charge is -2.37. The van der Waals surface area contributed by atoms with Gasteiger partial charge in [0.2, 0.25) is 0 Å². The van der Waals surface area contributed by atoms with Crippen LogP contribution in [-0.4, -0.2) is 74.0 Å². The van der Waals surface area contributed by atoms with E-state index in [1.807, 2.05) is 4.90 Å². The molecule has 6 heterocycles. The number of alkyl halides is 2. The Hall–Kier alpha value is -3.67. The van der Waals surface area contributed by atoms with Crippen LogP contribution >= 0.6 is 22.9 Å². The van der Waals surface area contributed by atoms with Crippen LogP contribution in [0.25, 0.3) is 5.57 Å². The molecule has 17 heteroatoms. The number of thiazole rings is 1. The average Bonchev–Trinajstić information content (AvgIpc) is 3.83. The van der Waals surface area contributed by atoms with Gasteiger partial charge < -0.3 is 10.0 Å². The first-order valence-corrected chi connectivity index (χ1v) is 17.4. The highest BCUT2D eigenvalue weighted by atomic mass is 35.5. The minimum atomic E-state index is -4.01. The smallest absolute Gasteiger partial charge is 0.333 e. The number of pyridine rings is 1. The van der Waals surface area contributed by atoms with Gasteiger partial charge in [-0.25, -0.2) is 14.1 Å². The first kappa shape index (κ1) is 31.9. The number of piperidine rings is 1. The predicted octanol–water partition coefficient (Wildman–Crippen LogP) is 4.73. The fraction of sp³-hybridized carbons (Fsp3) is 0.333. The molecule has 0 radical (unpaired) electrons. The molecule has 0 spiro atoms. The van der Waals surface area contributed by atoms with Gasteiger partial charge in [0.1, 0.15) is 11.9 Å². The summed E-state index contributed by atoms with van der Waals surface area (Å²) in [6.45, 7) is -2.54. The van der Waals surface area contributed by atoms with Crippen LogP contribution in [0.2, 0.25) is 5.02 Å². The molecule has 3 aliphatic rings. The molecule has 2 atom stereocenters. The molecule has 0 saturated carbocycles. The van der Waals surface area contributed by atoms with Gasteiger partial charge >= 0.3 is 6.55 Å². The van der Waals surface area contributed by atoms with Crippen molar-refractivity contribution in [3.8, 4) is 0 Å². The second-order valence-electron chi connectivity index (χ2n) is 11.5. The second-order valence-corrected chi connectivity index (χ2v) is 14.5.